The number of hydrogen-bond acceptors (Lipinski definition) is 3. The summed E-state index contributed by atoms with van der Waals surface area (Å²) < 4.78 is 5.80. The van der Waals surface area contributed by atoms with Crippen molar-refractivity contribution in [2.24, 2.45) is 5.41 Å². The molecule has 0 spiro atoms. The number of carbonyl (C=O) groups is 1. The highest BCUT2D eigenvalue weighted by Gasteiger charge is 2.27. The molecule has 1 fully saturated rings. The second kappa shape index (κ2) is 5.21. The van der Waals surface area contributed by atoms with Gasteiger partial charge in [-0.15, -0.1) is 0 Å². The second-order valence-electron chi connectivity index (χ2n) is 5.97. The lowest BCUT2D eigenvalue weighted by Crippen LogP contribution is -2.51. The Morgan fingerprint density at radius 2 is 1.95 bits per heavy atom. The van der Waals surface area contributed by atoms with Gasteiger partial charge in [-0.25, -0.2) is 0 Å². The van der Waals surface area contributed by atoms with Gasteiger partial charge in [0.15, 0.2) is 0 Å². The fourth-order valence-corrected chi connectivity index (χ4v) is 2.18. The molecule has 0 atom stereocenters. The summed E-state index contributed by atoms with van der Waals surface area (Å²) in [7, 11) is 2.07. The maximum atomic E-state index is 11.1. The lowest BCUT2D eigenvalue weighted by atomic mass is 9.86. The summed E-state index contributed by atoms with van der Waals surface area (Å²) in [5.74, 6) is 0.0836. The standard InChI is InChI=1S/C15H21NO3/c1-15(2,14(17)18)8-11-4-6-12(7-5-11)19-13-9-16(3)10-13/h4-7,13H,8-10H2,1-3H3,(H,17,18). The summed E-state index contributed by atoms with van der Waals surface area (Å²) in [5, 5.41) is 9.11. The van der Waals surface area contributed by atoms with Crippen LogP contribution >= 0.6 is 0 Å². The Morgan fingerprint density at radius 1 is 1.37 bits per heavy atom. The van der Waals surface area contributed by atoms with Crippen LogP contribution in [0.15, 0.2) is 24.3 Å². The highest BCUT2D eigenvalue weighted by atomic mass is 16.5. The first-order valence-electron chi connectivity index (χ1n) is 6.54. The zero-order valence-corrected chi connectivity index (χ0v) is 11.7. The van der Waals surface area contributed by atoms with Crippen LogP contribution in [-0.4, -0.2) is 42.2 Å². The Balaban J connectivity index is 1.93. The quantitative estimate of drug-likeness (QED) is 0.883. The molecule has 4 heteroatoms. The van der Waals surface area contributed by atoms with Crippen molar-refractivity contribution in [2.75, 3.05) is 20.1 Å². The molecule has 4 nitrogen and oxygen atoms in total. The van der Waals surface area contributed by atoms with Crippen LogP contribution in [0.5, 0.6) is 5.75 Å². The van der Waals surface area contributed by atoms with Crippen LogP contribution in [0.2, 0.25) is 0 Å². The predicted octanol–water partition coefficient (Wildman–Crippen LogP) is 2.03. The van der Waals surface area contributed by atoms with Gasteiger partial charge in [0.1, 0.15) is 11.9 Å². The van der Waals surface area contributed by atoms with Crippen LogP contribution in [0.1, 0.15) is 19.4 Å². The smallest absolute Gasteiger partial charge is 0.309 e. The van der Waals surface area contributed by atoms with Gasteiger partial charge in [-0.1, -0.05) is 12.1 Å². The van der Waals surface area contributed by atoms with Gasteiger partial charge in [-0.2, -0.15) is 0 Å². The van der Waals surface area contributed by atoms with Crippen LogP contribution in [0.3, 0.4) is 0 Å². The summed E-state index contributed by atoms with van der Waals surface area (Å²) in [4.78, 5) is 13.3. The van der Waals surface area contributed by atoms with Gasteiger partial charge in [-0.05, 0) is 45.0 Å². The first-order valence-corrected chi connectivity index (χ1v) is 6.54. The van der Waals surface area contributed by atoms with E-state index in [-0.39, 0.29) is 6.10 Å². The van der Waals surface area contributed by atoms with Crippen LogP contribution in [0.25, 0.3) is 0 Å². The number of nitrogens with zero attached hydrogens (tertiary/aromatic N) is 1. The van der Waals surface area contributed by atoms with Crippen LogP contribution < -0.4 is 4.74 Å². The minimum atomic E-state index is -0.773. The average molecular weight is 263 g/mol. The first kappa shape index (κ1) is 13.9. The van der Waals surface area contributed by atoms with E-state index in [0.717, 1.165) is 24.4 Å². The Hall–Kier alpha value is -1.55. The van der Waals surface area contributed by atoms with Crippen molar-refractivity contribution in [3.05, 3.63) is 29.8 Å². The Labute approximate surface area is 114 Å². The molecular weight excluding hydrogens is 242 g/mol. The molecule has 1 aromatic carbocycles. The summed E-state index contributed by atoms with van der Waals surface area (Å²) >= 11 is 0. The van der Waals surface area contributed by atoms with Gasteiger partial charge >= 0.3 is 5.97 Å². The number of likely N-dealkylation sites (tertiary alicyclic amines) is 1. The molecule has 1 aliphatic heterocycles. The van der Waals surface area contributed by atoms with Gasteiger partial charge in [0, 0.05) is 13.1 Å². The topological polar surface area (TPSA) is 49.8 Å². The maximum Gasteiger partial charge on any atom is 0.309 e. The van der Waals surface area contributed by atoms with Gasteiger partial charge in [0.05, 0.1) is 5.41 Å². The van der Waals surface area contributed by atoms with E-state index in [1.165, 1.54) is 0 Å². The largest absolute Gasteiger partial charge is 0.488 e. The van der Waals surface area contributed by atoms with Crippen molar-refractivity contribution in [1.82, 2.24) is 4.90 Å². The van der Waals surface area contributed by atoms with E-state index in [4.69, 9.17) is 9.84 Å². The third-order valence-electron chi connectivity index (χ3n) is 3.48. The lowest BCUT2D eigenvalue weighted by molar-refractivity contribution is -0.146. The minimum Gasteiger partial charge on any atom is -0.488 e. The molecule has 1 heterocycles. The van der Waals surface area contributed by atoms with Crippen molar-refractivity contribution < 1.29 is 14.6 Å². The van der Waals surface area contributed by atoms with Gasteiger partial charge in [0.25, 0.3) is 0 Å². The third kappa shape index (κ3) is 3.47. The molecule has 0 aromatic heterocycles. The van der Waals surface area contributed by atoms with Gasteiger partial charge in [0.2, 0.25) is 0 Å². The SMILES string of the molecule is CN1CC(Oc2ccc(CC(C)(C)C(=O)O)cc2)C1. The van der Waals surface area contributed by atoms with Crippen molar-refractivity contribution >= 4 is 5.97 Å². The van der Waals surface area contributed by atoms with Crippen LogP contribution in [0, 0.1) is 5.41 Å². The number of ether oxygens (including phenoxy) is 1. The second-order valence-corrected chi connectivity index (χ2v) is 5.97. The highest BCUT2D eigenvalue weighted by Crippen LogP contribution is 2.24. The Morgan fingerprint density at radius 3 is 2.42 bits per heavy atom. The zero-order chi connectivity index (χ0) is 14.0. The summed E-state index contributed by atoms with van der Waals surface area (Å²) in [6.45, 7) is 5.41. The molecule has 0 radical (unpaired) electrons. The number of aliphatic carboxylic acids is 1. The number of hydrogen-bond donors (Lipinski definition) is 1. The molecule has 1 saturated heterocycles. The number of likely N-dealkylation sites (N-methyl/N-ethyl adjacent to an activating group) is 1. The lowest BCUT2D eigenvalue weighted by Gasteiger charge is -2.36. The minimum absolute atomic E-state index is 0.284. The van der Waals surface area contributed by atoms with Crippen molar-refractivity contribution in [1.29, 1.82) is 0 Å². The molecule has 1 N–H and O–H groups in total. The fraction of sp³-hybridized carbons (Fsp3) is 0.533. The highest BCUT2D eigenvalue weighted by molar-refractivity contribution is 5.74. The van der Waals surface area contributed by atoms with E-state index in [0.29, 0.717) is 6.42 Å². The van der Waals surface area contributed by atoms with E-state index in [9.17, 15) is 4.79 Å². The van der Waals surface area contributed by atoms with E-state index < -0.39 is 11.4 Å². The van der Waals surface area contributed by atoms with E-state index in [1.54, 1.807) is 13.8 Å². The number of carboxylic acids is 1. The molecule has 0 saturated carbocycles. The number of benzene rings is 1. The monoisotopic (exact) mass is 263 g/mol. The number of rotatable bonds is 5. The fourth-order valence-electron chi connectivity index (χ4n) is 2.18. The Kier molecular flexibility index (Phi) is 3.80. The Bertz CT molecular complexity index is 447. The molecule has 2 rings (SSSR count). The maximum absolute atomic E-state index is 11.1. The molecule has 0 aliphatic carbocycles. The van der Waals surface area contributed by atoms with Gasteiger partial charge in [-0.3, -0.25) is 9.69 Å². The molecule has 0 bridgehead atoms. The predicted molar refractivity (Wildman–Crippen MR) is 73.5 cm³/mol. The van der Waals surface area contributed by atoms with Crippen LogP contribution in [0.4, 0.5) is 0 Å². The molecule has 0 unspecified atom stereocenters. The summed E-state index contributed by atoms with van der Waals surface area (Å²) in [6.07, 6.45) is 0.806. The first-order chi connectivity index (χ1) is 8.87. The van der Waals surface area contributed by atoms with E-state index in [2.05, 4.69) is 11.9 Å². The summed E-state index contributed by atoms with van der Waals surface area (Å²) in [5.41, 5.74) is 0.282. The van der Waals surface area contributed by atoms with Crippen LogP contribution in [-0.2, 0) is 11.2 Å². The molecule has 1 aliphatic rings. The normalized spacial score (nSPS) is 17.0. The molecule has 0 amide bonds. The molecular formula is C15H21NO3. The van der Waals surface area contributed by atoms with Crippen molar-refractivity contribution in [3.63, 3.8) is 0 Å². The molecule has 104 valence electrons. The average Bonchev–Trinajstić information content (AvgIpc) is 2.29. The summed E-state index contributed by atoms with van der Waals surface area (Å²) in [6, 6.07) is 7.74. The number of carboxylic acid groups (broad SMARTS) is 1. The zero-order valence-electron chi connectivity index (χ0n) is 11.7. The van der Waals surface area contributed by atoms with E-state index >= 15 is 0 Å². The molecule has 19 heavy (non-hydrogen) atoms. The van der Waals surface area contributed by atoms with Crippen molar-refractivity contribution in [3.8, 4) is 5.75 Å². The third-order valence-corrected chi connectivity index (χ3v) is 3.48. The van der Waals surface area contributed by atoms with Gasteiger partial charge < -0.3 is 9.84 Å². The molecule has 1 aromatic rings. The van der Waals surface area contributed by atoms with Crippen molar-refractivity contribution in [2.45, 2.75) is 26.4 Å². The van der Waals surface area contributed by atoms with E-state index in [1.807, 2.05) is 24.3 Å².